The Bertz CT molecular complexity index is 285. The first kappa shape index (κ1) is 13.8. The lowest BCUT2D eigenvalue weighted by atomic mass is 10.2. The largest absolute Gasteiger partial charge is 0.453 e. The maximum atomic E-state index is 11.9. The van der Waals surface area contributed by atoms with Gasteiger partial charge >= 0.3 is 6.09 Å². The molecule has 0 aromatic heterocycles. The molecule has 0 aliphatic carbocycles. The summed E-state index contributed by atoms with van der Waals surface area (Å²) < 4.78 is 10.1. The fourth-order valence-electron chi connectivity index (χ4n) is 1.90. The van der Waals surface area contributed by atoms with E-state index in [0.29, 0.717) is 13.1 Å². The minimum Gasteiger partial charge on any atom is -0.453 e. The summed E-state index contributed by atoms with van der Waals surface area (Å²) in [5.41, 5.74) is 0. The van der Waals surface area contributed by atoms with Crippen molar-refractivity contribution in [3.63, 3.8) is 0 Å². The predicted octanol–water partition coefficient (Wildman–Crippen LogP) is 0.320. The minimum absolute atomic E-state index is 0.0335. The van der Waals surface area contributed by atoms with Gasteiger partial charge in [0.15, 0.2) is 0 Å². The van der Waals surface area contributed by atoms with E-state index >= 15 is 0 Å². The van der Waals surface area contributed by atoms with E-state index in [2.05, 4.69) is 4.74 Å². The van der Waals surface area contributed by atoms with Crippen molar-refractivity contribution in [1.29, 1.82) is 0 Å². The number of carbonyl (C=O) groups is 2. The molecule has 1 aliphatic rings. The van der Waals surface area contributed by atoms with E-state index in [1.54, 1.807) is 4.90 Å². The molecule has 1 rings (SSSR count). The minimum atomic E-state index is -0.507. The van der Waals surface area contributed by atoms with Crippen LogP contribution in [0.15, 0.2) is 0 Å². The van der Waals surface area contributed by atoms with Gasteiger partial charge in [-0.2, -0.15) is 0 Å². The molecule has 6 heteroatoms. The number of carbonyl (C=O) groups excluding carboxylic acids is 2. The lowest BCUT2D eigenvalue weighted by Crippen LogP contribution is -2.51. The Morgan fingerprint density at radius 1 is 1.35 bits per heavy atom. The molecule has 0 bridgehead atoms. The first-order chi connectivity index (χ1) is 7.93. The Balaban J connectivity index is 2.49. The van der Waals surface area contributed by atoms with Crippen molar-refractivity contribution in [2.24, 2.45) is 0 Å². The van der Waals surface area contributed by atoms with Gasteiger partial charge in [-0.05, 0) is 13.8 Å². The lowest BCUT2D eigenvalue weighted by molar-refractivity contribution is -0.143. The molecule has 1 heterocycles. The van der Waals surface area contributed by atoms with Crippen LogP contribution in [-0.2, 0) is 14.3 Å². The van der Waals surface area contributed by atoms with Crippen molar-refractivity contribution in [2.75, 3.05) is 33.8 Å². The number of morpholine rings is 1. The highest BCUT2D eigenvalue weighted by molar-refractivity contribution is 5.82. The van der Waals surface area contributed by atoms with Gasteiger partial charge in [-0.3, -0.25) is 4.79 Å². The highest BCUT2D eigenvalue weighted by atomic mass is 16.5. The summed E-state index contributed by atoms with van der Waals surface area (Å²) in [5.74, 6) is -0.0834. The average molecular weight is 244 g/mol. The SMILES string of the molecule is COC(=O)N(C)CC(=O)N1C[C@@H](C)O[C@H](C)C1. The molecule has 0 spiro atoms. The highest BCUT2D eigenvalue weighted by Crippen LogP contribution is 2.10. The van der Waals surface area contributed by atoms with Gasteiger partial charge in [0.05, 0.1) is 19.3 Å². The van der Waals surface area contributed by atoms with E-state index in [1.165, 1.54) is 19.1 Å². The molecule has 2 atom stereocenters. The van der Waals surface area contributed by atoms with Crippen LogP contribution in [0.25, 0.3) is 0 Å². The van der Waals surface area contributed by atoms with E-state index in [9.17, 15) is 9.59 Å². The first-order valence-corrected chi connectivity index (χ1v) is 5.66. The summed E-state index contributed by atoms with van der Waals surface area (Å²) in [7, 11) is 2.83. The zero-order valence-corrected chi connectivity index (χ0v) is 10.8. The van der Waals surface area contributed by atoms with Crippen LogP contribution in [0.4, 0.5) is 4.79 Å². The van der Waals surface area contributed by atoms with Gasteiger partial charge in [0.2, 0.25) is 5.91 Å². The molecule has 6 nitrogen and oxygen atoms in total. The van der Waals surface area contributed by atoms with Crippen LogP contribution in [0.2, 0.25) is 0 Å². The maximum Gasteiger partial charge on any atom is 0.409 e. The Morgan fingerprint density at radius 3 is 2.35 bits per heavy atom. The van der Waals surface area contributed by atoms with Crippen molar-refractivity contribution in [2.45, 2.75) is 26.1 Å². The van der Waals surface area contributed by atoms with Crippen LogP contribution in [0.1, 0.15) is 13.8 Å². The lowest BCUT2D eigenvalue weighted by Gasteiger charge is -2.35. The normalized spacial score (nSPS) is 24.4. The van der Waals surface area contributed by atoms with Crippen molar-refractivity contribution >= 4 is 12.0 Å². The standard InChI is InChI=1S/C11H20N2O4/c1-8-5-13(6-9(2)17-8)10(14)7-12(3)11(15)16-4/h8-9H,5-7H2,1-4H3/t8-,9-/m1/s1. The third kappa shape index (κ3) is 3.89. The quantitative estimate of drug-likeness (QED) is 0.702. The molecule has 0 aromatic rings. The van der Waals surface area contributed by atoms with E-state index in [1.807, 2.05) is 13.8 Å². The smallest absolute Gasteiger partial charge is 0.409 e. The first-order valence-electron chi connectivity index (χ1n) is 5.66. The highest BCUT2D eigenvalue weighted by Gasteiger charge is 2.27. The molecule has 1 fully saturated rings. The Hall–Kier alpha value is -1.30. The summed E-state index contributed by atoms with van der Waals surface area (Å²) in [6.07, 6.45) is -0.440. The van der Waals surface area contributed by atoms with Gasteiger partial charge < -0.3 is 19.3 Å². The van der Waals surface area contributed by atoms with Crippen molar-refractivity contribution in [3.8, 4) is 0 Å². The van der Waals surface area contributed by atoms with E-state index < -0.39 is 6.09 Å². The van der Waals surface area contributed by atoms with Crippen LogP contribution in [0.5, 0.6) is 0 Å². The monoisotopic (exact) mass is 244 g/mol. The Labute approximate surface area is 101 Å². The zero-order chi connectivity index (χ0) is 13.0. The molecule has 1 saturated heterocycles. The molecule has 0 N–H and O–H groups in total. The van der Waals surface area contributed by atoms with E-state index in [-0.39, 0.29) is 24.7 Å². The Kier molecular flexibility index (Phi) is 4.74. The third-order valence-electron chi connectivity index (χ3n) is 2.63. The molecule has 2 amide bonds. The second-order valence-electron chi connectivity index (χ2n) is 4.38. The van der Waals surface area contributed by atoms with Gasteiger partial charge in [-0.1, -0.05) is 0 Å². The summed E-state index contributed by atoms with van der Waals surface area (Å²) in [6.45, 7) is 5.03. The van der Waals surface area contributed by atoms with Crippen LogP contribution in [-0.4, -0.2) is 67.8 Å². The number of likely N-dealkylation sites (N-methyl/N-ethyl adjacent to an activating group) is 1. The van der Waals surface area contributed by atoms with Crippen molar-refractivity contribution in [3.05, 3.63) is 0 Å². The zero-order valence-electron chi connectivity index (χ0n) is 10.8. The number of rotatable bonds is 2. The average Bonchev–Trinajstić information content (AvgIpc) is 2.26. The summed E-state index contributed by atoms with van der Waals surface area (Å²) in [5, 5.41) is 0. The van der Waals surface area contributed by atoms with Crippen LogP contribution in [0.3, 0.4) is 0 Å². The second-order valence-corrected chi connectivity index (χ2v) is 4.38. The number of hydrogen-bond donors (Lipinski definition) is 0. The fraction of sp³-hybridized carbons (Fsp3) is 0.818. The molecule has 0 radical (unpaired) electrons. The molecule has 1 aliphatic heterocycles. The van der Waals surface area contributed by atoms with Crippen molar-refractivity contribution in [1.82, 2.24) is 9.80 Å². The van der Waals surface area contributed by atoms with Gasteiger partial charge in [-0.15, -0.1) is 0 Å². The van der Waals surface area contributed by atoms with E-state index in [0.717, 1.165) is 0 Å². The van der Waals surface area contributed by atoms with Gasteiger partial charge in [0, 0.05) is 20.1 Å². The van der Waals surface area contributed by atoms with Gasteiger partial charge in [0.25, 0.3) is 0 Å². The number of amides is 2. The van der Waals surface area contributed by atoms with E-state index in [4.69, 9.17) is 4.74 Å². The number of nitrogens with zero attached hydrogens (tertiary/aromatic N) is 2. The number of ether oxygens (including phenoxy) is 2. The van der Waals surface area contributed by atoms with Gasteiger partial charge in [0.1, 0.15) is 6.54 Å². The molecule has 17 heavy (non-hydrogen) atoms. The van der Waals surface area contributed by atoms with Crippen molar-refractivity contribution < 1.29 is 19.1 Å². The van der Waals surface area contributed by atoms with Crippen LogP contribution < -0.4 is 0 Å². The number of methoxy groups -OCH3 is 1. The van der Waals surface area contributed by atoms with Gasteiger partial charge in [-0.25, -0.2) is 4.79 Å². The second kappa shape index (κ2) is 5.86. The molecule has 98 valence electrons. The molecular weight excluding hydrogens is 224 g/mol. The predicted molar refractivity (Wildman–Crippen MR) is 61.6 cm³/mol. The topological polar surface area (TPSA) is 59.1 Å². The van der Waals surface area contributed by atoms with Crippen LogP contribution in [0, 0.1) is 0 Å². The maximum absolute atomic E-state index is 11.9. The summed E-state index contributed by atoms with van der Waals surface area (Å²) in [6, 6.07) is 0. The summed E-state index contributed by atoms with van der Waals surface area (Å²) >= 11 is 0. The fourth-order valence-corrected chi connectivity index (χ4v) is 1.90. The third-order valence-corrected chi connectivity index (χ3v) is 2.63. The summed E-state index contributed by atoms with van der Waals surface area (Å²) in [4.78, 5) is 26.1. The Morgan fingerprint density at radius 2 is 1.88 bits per heavy atom. The molecular formula is C11H20N2O4. The molecule has 0 aromatic carbocycles. The number of hydrogen-bond acceptors (Lipinski definition) is 4. The molecule has 0 saturated carbocycles. The molecule has 0 unspecified atom stereocenters. The van der Waals surface area contributed by atoms with Crippen LogP contribution >= 0.6 is 0 Å².